The monoisotopic (exact) mass is 303 g/mol. The van der Waals surface area contributed by atoms with Crippen molar-refractivity contribution in [2.75, 3.05) is 7.11 Å². The predicted octanol–water partition coefficient (Wildman–Crippen LogP) is 2.70. The van der Waals surface area contributed by atoms with Crippen molar-refractivity contribution in [2.45, 2.75) is 6.42 Å². The molecule has 0 fully saturated rings. The van der Waals surface area contributed by atoms with Gasteiger partial charge in [-0.3, -0.25) is 9.78 Å². The van der Waals surface area contributed by atoms with Crippen molar-refractivity contribution >= 4 is 23.7 Å². The molecule has 0 aliphatic carbocycles. The predicted molar refractivity (Wildman–Crippen MR) is 81.9 cm³/mol. The Morgan fingerprint density at radius 3 is 2.86 bits per heavy atom. The average Bonchev–Trinajstić information content (AvgIpc) is 2.52. The summed E-state index contributed by atoms with van der Waals surface area (Å²) < 4.78 is 5.23. The average molecular weight is 304 g/mol. The van der Waals surface area contributed by atoms with Crippen molar-refractivity contribution in [3.05, 3.63) is 58.9 Å². The smallest absolute Gasteiger partial charge is 0.271 e. The van der Waals surface area contributed by atoms with Crippen LogP contribution < -0.4 is 10.2 Å². The van der Waals surface area contributed by atoms with Crippen LogP contribution in [-0.2, 0) is 6.42 Å². The Hall–Kier alpha value is -2.40. The Balaban J connectivity index is 1.94. The van der Waals surface area contributed by atoms with E-state index in [1.165, 1.54) is 0 Å². The first-order valence-electron chi connectivity index (χ1n) is 6.25. The lowest BCUT2D eigenvalue weighted by molar-refractivity contribution is 0.0955. The highest BCUT2D eigenvalue weighted by molar-refractivity contribution is 6.30. The summed E-state index contributed by atoms with van der Waals surface area (Å²) in [5, 5.41) is 4.53. The Kier molecular flexibility index (Phi) is 5.29. The van der Waals surface area contributed by atoms with E-state index in [0.29, 0.717) is 17.0 Å². The van der Waals surface area contributed by atoms with E-state index in [1.54, 1.807) is 56.0 Å². The molecule has 0 bridgehead atoms. The van der Waals surface area contributed by atoms with Crippen molar-refractivity contribution in [1.82, 2.24) is 10.4 Å². The van der Waals surface area contributed by atoms with Gasteiger partial charge >= 0.3 is 0 Å². The molecule has 1 aromatic carbocycles. The van der Waals surface area contributed by atoms with Gasteiger partial charge in [-0.2, -0.15) is 5.10 Å². The van der Waals surface area contributed by atoms with Crippen LogP contribution >= 0.6 is 11.6 Å². The van der Waals surface area contributed by atoms with Crippen LogP contribution in [0.25, 0.3) is 0 Å². The first kappa shape index (κ1) is 15.0. The van der Waals surface area contributed by atoms with E-state index in [9.17, 15) is 4.79 Å². The first-order valence-corrected chi connectivity index (χ1v) is 6.63. The number of hydrazone groups is 1. The number of nitrogens with zero attached hydrogens (tertiary/aromatic N) is 2. The van der Waals surface area contributed by atoms with Gasteiger partial charge < -0.3 is 4.74 Å². The van der Waals surface area contributed by atoms with Gasteiger partial charge in [0.25, 0.3) is 5.91 Å². The van der Waals surface area contributed by atoms with Crippen molar-refractivity contribution in [3.8, 4) is 5.75 Å². The quantitative estimate of drug-likeness (QED) is 0.682. The molecule has 0 unspecified atom stereocenters. The molecule has 0 atom stereocenters. The summed E-state index contributed by atoms with van der Waals surface area (Å²) in [4.78, 5) is 15.6. The topological polar surface area (TPSA) is 63.6 Å². The molecule has 1 heterocycles. The highest BCUT2D eigenvalue weighted by Gasteiger charge is 2.04. The fourth-order valence-electron chi connectivity index (χ4n) is 1.72. The molecule has 6 heteroatoms. The minimum Gasteiger partial charge on any atom is -0.496 e. The van der Waals surface area contributed by atoms with Gasteiger partial charge in [0, 0.05) is 41.2 Å². The summed E-state index contributed by atoms with van der Waals surface area (Å²) in [6, 6.07) is 8.58. The van der Waals surface area contributed by atoms with E-state index >= 15 is 0 Å². The lowest BCUT2D eigenvalue weighted by atomic mass is 10.1. The number of carbonyl (C=O) groups excluding carboxylic acids is 1. The summed E-state index contributed by atoms with van der Waals surface area (Å²) in [5.41, 5.74) is 3.85. The van der Waals surface area contributed by atoms with E-state index in [4.69, 9.17) is 16.3 Å². The van der Waals surface area contributed by atoms with Gasteiger partial charge in [0.15, 0.2) is 0 Å². The maximum Gasteiger partial charge on any atom is 0.271 e. The Bertz CT molecular complexity index is 645. The fraction of sp³-hybridized carbons (Fsp3) is 0.133. The molecule has 1 aromatic heterocycles. The number of pyridine rings is 1. The summed E-state index contributed by atoms with van der Waals surface area (Å²) >= 11 is 5.94. The molecule has 0 aliphatic heterocycles. The van der Waals surface area contributed by atoms with E-state index in [0.717, 1.165) is 11.3 Å². The zero-order valence-corrected chi connectivity index (χ0v) is 12.2. The Labute approximate surface area is 127 Å². The SMILES string of the molecule is COc1ccc(Cl)cc1C/C=N/NC(=O)c1ccncc1. The van der Waals surface area contributed by atoms with Gasteiger partial charge in [-0.25, -0.2) is 5.43 Å². The largest absolute Gasteiger partial charge is 0.496 e. The zero-order valence-electron chi connectivity index (χ0n) is 11.4. The van der Waals surface area contributed by atoms with E-state index in [-0.39, 0.29) is 5.91 Å². The van der Waals surface area contributed by atoms with Gasteiger partial charge in [-0.15, -0.1) is 0 Å². The third kappa shape index (κ3) is 4.29. The number of hydrogen-bond acceptors (Lipinski definition) is 4. The molecule has 2 rings (SSSR count). The maximum absolute atomic E-state index is 11.7. The number of benzene rings is 1. The minimum atomic E-state index is -0.285. The molecule has 0 saturated heterocycles. The number of aromatic nitrogens is 1. The number of rotatable bonds is 5. The van der Waals surface area contributed by atoms with Crippen LogP contribution in [0, 0.1) is 0 Å². The zero-order chi connectivity index (χ0) is 15.1. The number of carbonyl (C=O) groups is 1. The number of nitrogens with one attached hydrogen (secondary N) is 1. The van der Waals surface area contributed by atoms with Gasteiger partial charge in [0.2, 0.25) is 0 Å². The second-order valence-corrected chi connectivity index (χ2v) is 4.59. The summed E-state index contributed by atoms with van der Waals surface area (Å²) in [5.74, 6) is 0.443. The number of amides is 1. The lowest BCUT2D eigenvalue weighted by Gasteiger charge is -2.06. The fourth-order valence-corrected chi connectivity index (χ4v) is 1.92. The molecular weight excluding hydrogens is 290 g/mol. The molecule has 0 radical (unpaired) electrons. The van der Waals surface area contributed by atoms with Crippen LogP contribution in [0.3, 0.4) is 0 Å². The summed E-state index contributed by atoms with van der Waals surface area (Å²) in [7, 11) is 1.59. The third-order valence-electron chi connectivity index (χ3n) is 2.75. The van der Waals surface area contributed by atoms with Gasteiger partial charge in [-0.1, -0.05) is 11.6 Å². The molecule has 0 spiro atoms. The van der Waals surface area contributed by atoms with Crippen LogP contribution in [-0.4, -0.2) is 24.2 Å². The van der Waals surface area contributed by atoms with Crippen molar-refractivity contribution < 1.29 is 9.53 Å². The summed E-state index contributed by atoms with van der Waals surface area (Å²) in [6.45, 7) is 0. The molecule has 1 amide bonds. The van der Waals surface area contributed by atoms with Gasteiger partial charge in [-0.05, 0) is 30.3 Å². The molecule has 1 N–H and O–H groups in total. The maximum atomic E-state index is 11.7. The number of methoxy groups -OCH3 is 1. The van der Waals surface area contributed by atoms with Gasteiger partial charge in [0.1, 0.15) is 5.75 Å². The number of ether oxygens (including phenoxy) is 1. The number of hydrogen-bond donors (Lipinski definition) is 1. The van der Waals surface area contributed by atoms with E-state index in [2.05, 4.69) is 15.5 Å². The Morgan fingerprint density at radius 1 is 1.38 bits per heavy atom. The van der Waals surface area contributed by atoms with Crippen LogP contribution in [0.15, 0.2) is 47.8 Å². The molecule has 0 aliphatic rings. The van der Waals surface area contributed by atoms with Crippen LogP contribution in [0.4, 0.5) is 0 Å². The molecule has 5 nitrogen and oxygen atoms in total. The van der Waals surface area contributed by atoms with Gasteiger partial charge in [0.05, 0.1) is 7.11 Å². The van der Waals surface area contributed by atoms with E-state index < -0.39 is 0 Å². The Morgan fingerprint density at radius 2 is 2.14 bits per heavy atom. The third-order valence-corrected chi connectivity index (χ3v) is 2.99. The summed E-state index contributed by atoms with van der Waals surface area (Å²) in [6.07, 6.45) is 5.19. The molecule has 2 aromatic rings. The minimum absolute atomic E-state index is 0.285. The van der Waals surface area contributed by atoms with Crippen molar-refractivity contribution in [2.24, 2.45) is 5.10 Å². The molecule has 0 saturated carbocycles. The second-order valence-electron chi connectivity index (χ2n) is 4.15. The molecule has 108 valence electrons. The van der Waals surface area contributed by atoms with Crippen molar-refractivity contribution in [1.29, 1.82) is 0 Å². The second kappa shape index (κ2) is 7.40. The standard InChI is InChI=1S/C15H14ClN3O2/c1-21-14-3-2-13(16)10-12(14)6-9-18-19-15(20)11-4-7-17-8-5-11/h2-5,7-10H,6H2,1H3,(H,19,20)/b18-9+. The van der Waals surface area contributed by atoms with Crippen LogP contribution in [0.2, 0.25) is 5.02 Å². The van der Waals surface area contributed by atoms with E-state index in [1.807, 2.05) is 0 Å². The van der Waals surface area contributed by atoms with Crippen molar-refractivity contribution in [3.63, 3.8) is 0 Å². The molecule has 21 heavy (non-hydrogen) atoms. The lowest BCUT2D eigenvalue weighted by Crippen LogP contribution is -2.17. The van der Waals surface area contributed by atoms with Crippen LogP contribution in [0.1, 0.15) is 15.9 Å². The highest BCUT2D eigenvalue weighted by Crippen LogP contribution is 2.22. The molecular formula is C15H14ClN3O2. The normalized spacial score (nSPS) is 10.6. The van der Waals surface area contributed by atoms with Crippen LogP contribution in [0.5, 0.6) is 5.75 Å². The highest BCUT2D eigenvalue weighted by atomic mass is 35.5. The first-order chi connectivity index (χ1) is 10.2. The number of halogens is 1.